The van der Waals surface area contributed by atoms with Crippen molar-refractivity contribution in [1.29, 1.82) is 0 Å². The first-order valence-electron chi connectivity index (χ1n) is 9.95. The molecule has 6 nitrogen and oxygen atoms in total. The maximum atomic E-state index is 12.6. The molecule has 1 aliphatic rings. The summed E-state index contributed by atoms with van der Waals surface area (Å²) in [5.74, 6) is 0.621. The average Bonchev–Trinajstić information content (AvgIpc) is 2.74. The van der Waals surface area contributed by atoms with Gasteiger partial charge in [0.25, 0.3) is 5.91 Å². The highest BCUT2D eigenvalue weighted by Crippen LogP contribution is 2.17. The number of carbonyl (C=O) groups is 1. The molecule has 1 fully saturated rings. The Hall–Kier alpha value is -2.38. The van der Waals surface area contributed by atoms with Crippen LogP contribution in [0.5, 0.6) is 5.75 Å². The van der Waals surface area contributed by atoms with Crippen LogP contribution in [0.3, 0.4) is 0 Å². The van der Waals surface area contributed by atoms with E-state index < -0.39 is 9.84 Å². The van der Waals surface area contributed by atoms with Gasteiger partial charge in [-0.3, -0.25) is 4.79 Å². The predicted octanol–water partition coefficient (Wildman–Crippen LogP) is 1.64. The first-order valence-corrected chi connectivity index (χ1v) is 11.8. The molecule has 3 rings (SSSR count). The lowest BCUT2D eigenvalue weighted by Gasteiger charge is -2.32. The molecule has 156 valence electrons. The first kappa shape index (κ1) is 21.3. The van der Waals surface area contributed by atoms with Gasteiger partial charge in [0, 0.05) is 17.4 Å². The Kier molecular flexibility index (Phi) is 6.92. The molecule has 0 aliphatic carbocycles. The Morgan fingerprint density at radius 1 is 1.03 bits per heavy atom. The maximum absolute atomic E-state index is 12.6. The number of benzene rings is 2. The normalized spacial score (nSPS) is 16.2. The number of piperidine rings is 1. The van der Waals surface area contributed by atoms with Gasteiger partial charge >= 0.3 is 0 Å². The lowest BCUT2D eigenvalue weighted by atomic mass is 10.0. The number of hydrogen-bond donors (Lipinski definition) is 2. The van der Waals surface area contributed by atoms with Crippen LogP contribution in [-0.2, 0) is 9.84 Å². The summed E-state index contributed by atoms with van der Waals surface area (Å²) in [7, 11) is -1.62. The average molecular weight is 418 g/mol. The van der Waals surface area contributed by atoms with E-state index in [0.29, 0.717) is 12.1 Å². The molecule has 0 saturated carbocycles. The molecule has 1 aliphatic heterocycles. The Balaban J connectivity index is 1.72. The van der Waals surface area contributed by atoms with Gasteiger partial charge in [0.15, 0.2) is 9.84 Å². The summed E-state index contributed by atoms with van der Waals surface area (Å²) in [6.45, 7) is 2.71. The Bertz CT molecular complexity index is 918. The summed E-state index contributed by atoms with van der Waals surface area (Å²) in [5.41, 5.74) is 1.63. The van der Waals surface area contributed by atoms with E-state index in [4.69, 9.17) is 4.74 Å². The zero-order valence-electron chi connectivity index (χ0n) is 17.0. The molecule has 0 unspecified atom stereocenters. The number of sulfone groups is 1. The van der Waals surface area contributed by atoms with Crippen LogP contribution in [0.25, 0.3) is 0 Å². The number of methoxy groups -OCH3 is 1. The molecule has 0 bridgehead atoms. The summed E-state index contributed by atoms with van der Waals surface area (Å²) in [6, 6.07) is 14.3. The molecule has 0 radical (unpaired) electrons. The molecule has 29 heavy (non-hydrogen) atoms. The first-order chi connectivity index (χ1) is 13.9. The second-order valence-corrected chi connectivity index (χ2v) is 9.57. The van der Waals surface area contributed by atoms with Gasteiger partial charge in [0.05, 0.1) is 31.6 Å². The van der Waals surface area contributed by atoms with Crippen molar-refractivity contribution in [2.24, 2.45) is 0 Å². The number of rotatable bonds is 7. The van der Waals surface area contributed by atoms with Gasteiger partial charge in [-0.1, -0.05) is 0 Å². The predicted molar refractivity (Wildman–Crippen MR) is 112 cm³/mol. The molecule has 2 N–H and O–H groups in total. The van der Waals surface area contributed by atoms with Crippen molar-refractivity contribution in [3.05, 3.63) is 59.7 Å². The molecular weight excluding hydrogens is 388 g/mol. The third-order valence-corrected chi connectivity index (χ3v) is 6.65. The minimum absolute atomic E-state index is 0.167. The number of hydrogen-bond acceptors (Lipinski definition) is 4. The fourth-order valence-electron chi connectivity index (χ4n) is 3.84. The molecule has 1 heterocycles. The highest BCUT2D eigenvalue weighted by molar-refractivity contribution is 7.90. The molecule has 2 aromatic rings. The number of carbonyl (C=O) groups excluding carboxylic acids is 1. The van der Waals surface area contributed by atoms with Gasteiger partial charge in [-0.25, -0.2) is 8.42 Å². The zero-order chi connectivity index (χ0) is 20.9. The van der Waals surface area contributed by atoms with Crippen LogP contribution in [0.1, 0.15) is 41.2 Å². The van der Waals surface area contributed by atoms with Crippen LogP contribution in [-0.4, -0.2) is 47.3 Å². The molecule has 1 saturated heterocycles. The van der Waals surface area contributed by atoms with Crippen molar-refractivity contribution >= 4 is 15.7 Å². The van der Waals surface area contributed by atoms with Crippen LogP contribution >= 0.6 is 0 Å². The zero-order valence-corrected chi connectivity index (χ0v) is 17.8. The lowest BCUT2D eigenvalue weighted by molar-refractivity contribution is -0.935. The van der Waals surface area contributed by atoms with Crippen LogP contribution in [0.2, 0.25) is 0 Å². The van der Waals surface area contributed by atoms with Crippen molar-refractivity contribution in [3.8, 4) is 5.75 Å². The van der Waals surface area contributed by atoms with Crippen molar-refractivity contribution in [1.82, 2.24) is 5.32 Å². The quantitative estimate of drug-likeness (QED) is 0.718. The molecule has 0 aromatic heterocycles. The van der Waals surface area contributed by atoms with E-state index >= 15 is 0 Å². The van der Waals surface area contributed by atoms with E-state index in [1.54, 1.807) is 19.2 Å². The van der Waals surface area contributed by atoms with E-state index in [1.165, 1.54) is 41.9 Å². The van der Waals surface area contributed by atoms with Gasteiger partial charge in [0.1, 0.15) is 11.8 Å². The molecule has 2 aromatic carbocycles. The van der Waals surface area contributed by atoms with E-state index in [0.717, 1.165) is 25.1 Å². The van der Waals surface area contributed by atoms with Gasteiger partial charge in [0.2, 0.25) is 0 Å². The highest BCUT2D eigenvalue weighted by Gasteiger charge is 2.26. The second kappa shape index (κ2) is 9.41. The third-order valence-electron chi connectivity index (χ3n) is 5.52. The van der Waals surface area contributed by atoms with E-state index in [1.807, 2.05) is 12.1 Å². The second-order valence-electron chi connectivity index (χ2n) is 7.55. The fraction of sp³-hybridized carbons (Fsp3) is 0.409. The monoisotopic (exact) mass is 417 g/mol. The van der Waals surface area contributed by atoms with Crippen molar-refractivity contribution in [2.75, 3.05) is 33.0 Å². The van der Waals surface area contributed by atoms with Crippen molar-refractivity contribution in [2.45, 2.75) is 30.2 Å². The molecule has 1 amide bonds. The number of likely N-dealkylation sites (tertiary alicyclic amines) is 1. The summed E-state index contributed by atoms with van der Waals surface area (Å²) in [5, 5.41) is 3.04. The summed E-state index contributed by atoms with van der Waals surface area (Å²) in [4.78, 5) is 14.3. The molecule has 7 heteroatoms. The standard InChI is InChI=1S/C22H28N2O4S/c1-28-19-10-6-17(7-11-19)21(24-14-4-3-5-15-24)16-23-22(25)18-8-12-20(13-9-18)29(2,26)27/h6-13,21H,3-5,14-16H2,1-2H3,(H,23,25)/p+1/t21-/m0/s1. The van der Waals surface area contributed by atoms with Gasteiger partial charge < -0.3 is 15.0 Å². The Morgan fingerprint density at radius 3 is 2.21 bits per heavy atom. The van der Waals surface area contributed by atoms with E-state index in [9.17, 15) is 13.2 Å². The summed E-state index contributed by atoms with van der Waals surface area (Å²) >= 11 is 0. The third kappa shape index (κ3) is 5.58. The van der Waals surface area contributed by atoms with Crippen LogP contribution in [0.15, 0.2) is 53.4 Å². The van der Waals surface area contributed by atoms with Crippen LogP contribution in [0.4, 0.5) is 0 Å². The fourth-order valence-corrected chi connectivity index (χ4v) is 4.47. The maximum Gasteiger partial charge on any atom is 0.251 e. The highest BCUT2D eigenvalue weighted by atomic mass is 32.2. The smallest absolute Gasteiger partial charge is 0.251 e. The molecule has 1 atom stereocenters. The van der Waals surface area contributed by atoms with E-state index in [2.05, 4.69) is 17.4 Å². The van der Waals surface area contributed by atoms with Crippen LogP contribution < -0.4 is 15.0 Å². The summed E-state index contributed by atoms with van der Waals surface area (Å²) in [6.07, 6.45) is 4.81. The van der Waals surface area contributed by atoms with E-state index in [-0.39, 0.29) is 16.8 Å². The summed E-state index contributed by atoms with van der Waals surface area (Å²) < 4.78 is 28.5. The molecule has 0 spiro atoms. The van der Waals surface area contributed by atoms with Crippen molar-refractivity contribution in [3.63, 3.8) is 0 Å². The minimum atomic E-state index is -3.27. The Labute approximate surface area is 172 Å². The van der Waals surface area contributed by atoms with Gasteiger partial charge in [-0.15, -0.1) is 0 Å². The SMILES string of the molecule is COc1ccc([C@H](CNC(=O)c2ccc(S(C)(=O)=O)cc2)[NH+]2CCCCC2)cc1. The number of amides is 1. The Morgan fingerprint density at radius 2 is 1.66 bits per heavy atom. The van der Waals surface area contributed by atoms with Gasteiger partial charge in [-0.05, 0) is 67.8 Å². The minimum Gasteiger partial charge on any atom is -0.497 e. The lowest BCUT2D eigenvalue weighted by Crippen LogP contribution is -3.13. The van der Waals surface area contributed by atoms with Gasteiger partial charge in [-0.2, -0.15) is 0 Å². The topological polar surface area (TPSA) is 76.9 Å². The number of quaternary nitrogens is 1. The van der Waals surface area contributed by atoms with Crippen molar-refractivity contribution < 1.29 is 22.8 Å². The number of ether oxygens (including phenoxy) is 1. The molecular formula is C22H29N2O4S+. The largest absolute Gasteiger partial charge is 0.497 e. The number of nitrogens with one attached hydrogen (secondary N) is 2. The van der Waals surface area contributed by atoms with Crippen LogP contribution in [0, 0.1) is 0 Å².